The lowest BCUT2D eigenvalue weighted by molar-refractivity contribution is -0.223. The van der Waals surface area contributed by atoms with E-state index in [0.717, 1.165) is 0 Å². The summed E-state index contributed by atoms with van der Waals surface area (Å²) in [7, 11) is 0. The zero-order valence-electron chi connectivity index (χ0n) is 12.4. The zero-order valence-corrected chi connectivity index (χ0v) is 12.4. The van der Waals surface area contributed by atoms with Crippen molar-refractivity contribution < 1.29 is 61.0 Å². The second kappa shape index (κ2) is 10.3. The van der Waals surface area contributed by atoms with E-state index in [1.165, 1.54) is 0 Å². The van der Waals surface area contributed by atoms with Gasteiger partial charge in [0.2, 0.25) is 0 Å². The van der Waals surface area contributed by atoms with Crippen LogP contribution in [0.3, 0.4) is 0 Å². The molecular weight excluding hydrogens is 336 g/mol. The molecule has 1 saturated carbocycles. The van der Waals surface area contributed by atoms with Crippen molar-refractivity contribution >= 4 is 6.29 Å². The van der Waals surface area contributed by atoms with Crippen LogP contribution < -0.4 is 0 Å². The van der Waals surface area contributed by atoms with Crippen LogP contribution in [0.25, 0.3) is 0 Å². The number of rotatable bonds is 5. The van der Waals surface area contributed by atoms with Crippen LogP contribution in [0.15, 0.2) is 0 Å². The highest BCUT2D eigenvalue weighted by molar-refractivity contribution is 5.56. The Morgan fingerprint density at radius 3 is 1.17 bits per heavy atom. The third-order valence-corrected chi connectivity index (χ3v) is 3.52. The summed E-state index contributed by atoms with van der Waals surface area (Å²) in [4.78, 5) is 9.90. The first kappa shape index (κ1) is 23.2. The van der Waals surface area contributed by atoms with Crippen LogP contribution in [-0.2, 0) is 4.79 Å². The molecule has 1 rings (SSSR count). The summed E-state index contributed by atoms with van der Waals surface area (Å²) in [5, 5.41) is 97.4. The van der Waals surface area contributed by atoms with E-state index < -0.39 is 67.6 Å². The molecule has 0 bridgehead atoms. The van der Waals surface area contributed by atoms with E-state index in [1.54, 1.807) is 0 Å². The summed E-state index contributed by atoms with van der Waals surface area (Å²) < 4.78 is 0. The monoisotopic (exact) mass is 360 g/mol. The molecule has 0 aliphatic heterocycles. The number of hydrogen-bond acceptors (Lipinski definition) is 12. The molecule has 24 heavy (non-hydrogen) atoms. The van der Waals surface area contributed by atoms with Crippen molar-refractivity contribution in [1.29, 1.82) is 0 Å². The lowest BCUT2D eigenvalue weighted by Crippen LogP contribution is -2.63. The Morgan fingerprint density at radius 2 is 0.958 bits per heavy atom. The Balaban J connectivity index is 0.000000441. The molecule has 1 aliphatic rings. The molecule has 4 atom stereocenters. The summed E-state index contributed by atoms with van der Waals surface area (Å²) in [6.07, 6.45) is -16.7. The Kier molecular flexibility index (Phi) is 9.94. The molecule has 1 aliphatic carbocycles. The van der Waals surface area contributed by atoms with E-state index in [2.05, 4.69) is 0 Å². The molecule has 0 aromatic rings. The first-order chi connectivity index (χ1) is 11.0. The van der Waals surface area contributed by atoms with Gasteiger partial charge in [0, 0.05) is 0 Å². The third kappa shape index (κ3) is 5.65. The van der Waals surface area contributed by atoms with Crippen molar-refractivity contribution in [3.05, 3.63) is 0 Å². The van der Waals surface area contributed by atoms with Crippen LogP contribution in [0.1, 0.15) is 0 Å². The SMILES string of the molecule is O=C[C@H](O)[C@@H](O)[C@@H](O)[C@H](O)CO.OC1C(O)C(O)C(O)C(O)C1O. The molecule has 0 heterocycles. The molecule has 12 nitrogen and oxygen atoms in total. The highest BCUT2D eigenvalue weighted by Crippen LogP contribution is 2.20. The second-order valence-corrected chi connectivity index (χ2v) is 5.30. The molecule has 0 radical (unpaired) electrons. The van der Waals surface area contributed by atoms with Gasteiger partial charge >= 0.3 is 0 Å². The number of aliphatic hydroxyl groups is 11. The van der Waals surface area contributed by atoms with Gasteiger partial charge < -0.3 is 61.0 Å². The van der Waals surface area contributed by atoms with Crippen LogP contribution in [0.5, 0.6) is 0 Å². The van der Waals surface area contributed by atoms with Crippen LogP contribution in [0, 0.1) is 0 Å². The summed E-state index contributed by atoms with van der Waals surface area (Å²) >= 11 is 0. The highest BCUT2D eigenvalue weighted by Gasteiger charge is 2.47. The number of aldehydes is 1. The quantitative estimate of drug-likeness (QED) is 0.205. The lowest BCUT2D eigenvalue weighted by atomic mass is 9.85. The Morgan fingerprint density at radius 1 is 0.667 bits per heavy atom. The van der Waals surface area contributed by atoms with Crippen LogP contribution >= 0.6 is 0 Å². The molecule has 11 N–H and O–H groups in total. The average Bonchev–Trinajstić information content (AvgIpc) is 2.60. The predicted octanol–water partition coefficient (Wildman–Crippen LogP) is -7.21. The van der Waals surface area contributed by atoms with Gasteiger partial charge in [-0.1, -0.05) is 0 Å². The molecule has 0 unspecified atom stereocenters. The van der Waals surface area contributed by atoms with Crippen molar-refractivity contribution in [2.24, 2.45) is 0 Å². The van der Waals surface area contributed by atoms with Gasteiger partial charge in [0.15, 0.2) is 6.29 Å². The van der Waals surface area contributed by atoms with Gasteiger partial charge in [0.05, 0.1) is 6.61 Å². The minimum absolute atomic E-state index is 0.0258. The molecule has 0 amide bonds. The standard InChI is InChI=1S/2C6H12O6/c7-1-2(8)4(10)6(12)5(11)3(1)9;7-1-3(9)5(11)6(12)4(10)2-8/h1-12H;1,3-6,8-12H,2H2/t;3-,4+,5+,6-/m.0/s1. The molecule has 0 saturated heterocycles. The average molecular weight is 360 g/mol. The first-order valence-electron chi connectivity index (χ1n) is 6.88. The molecular formula is C12H24O12. The Labute approximate surface area is 136 Å². The number of carbonyl (C=O) groups excluding carboxylic acids is 1. The molecule has 1 fully saturated rings. The lowest BCUT2D eigenvalue weighted by Gasteiger charge is -2.39. The minimum Gasteiger partial charge on any atom is -0.394 e. The maximum absolute atomic E-state index is 9.90. The molecule has 0 aromatic carbocycles. The minimum atomic E-state index is -1.79. The maximum Gasteiger partial charge on any atom is 0.151 e. The van der Waals surface area contributed by atoms with Gasteiger partial charge in [-0.05, 0) is 0 Å². The van der Waals surface area contributed by atoms with Crippen molar-refractivity contribution in [3.8, 4) is 0 Å². The normalized spacial score (nSPS) is 38.3. The van der Waals surface area contributed by atoms with E-state index in [4.69, 9.17) is 56.2 Å². The Hall–Kier alpha value is -0.770. The Bertz CT molecular complexity index is 309. The summed E-state index contributed by atoms with van der Waals surface area (Å²) in [6.45, 7) is -0.760. The number of carbonyl (C=O) groups is 1. The molecule has 0 spiro atoms. The number of hydrogen-bond donors (Lipinski definition) is 11. The highest BCUT2D eigenvalue weighted by atomic mass is 16.4. The van der Waals surface area contributed by atoms with Crippen molar-refractivity contribution in [1.82, 2.24) is 0 Å². The van der Waals surface area contributed by atoms with E-state index in [1.807, 2.05) is 0 Å². The summed E-state index contributed by atoms with van der Waals surface area (Å²) in [5.74, 6) is 0. The van der Waals surface area contributed by atoms with Gasteiger partial charge in [0.25, 0.3) is 0 Å². The summed E-state index contributed by atoms with van der Waals surface area (Å²) in [6, 6.07) is 0. The predicted molar refractivity (Wildman–Crippen MR) is 73.2 cm³/mol. The smallest absolute Gasteiger partial charge is 0.151 e. The van der Waals surface area contributed by atoms with E-state index >= 15 is 0 Å². The topological polar surface area (TPSA) is 240 Å². The van der Waals surface area contributed by atoms with Gasteiger partial charge in [-0.25, -0.2) is 0 Å². The molecule has 144 valence electrons. The van der Waals surface area contributed by atoms with E-state index in [0.29, 0.717) is 0 Å². The van der Waals surface area contributed by atoms with Crippen LogP contribution in [0.4, 0.5) is 0 Å². The fourth-order valence-electron chi connectivity index (χ4n) is 1.83. The third-order valence-electron chi connectivity index (χ3n) is 3.52. The van der Waals surface area contributed by atoms with Crippen molar-refractivity contribution in [2.45, 2.75) is 61.0 Å². The van der Waals surface area contributed by atoms with E-state index in [9.17, 15) is 4.79 Å². The van der Waals surface area contributed by atoms with Gasteiger partial charge in [-0.2, -0.15) is 0 Å². The van der Waals surface area contributed by atoms with E-state index in [-0.39, 0.29) is 6.29 Å². The van der Waals surface area contributed by atoms with Gasteiger partial charge in [-0.3, -0.25) is 0 Å². The molecule has 0 aromatic heterocycles. The first-order valence-corrected chi connectivity index (χ1v) is 6.88. The second-order valence-electron chi connectivity index (χ2n) is 5.30. The fourth-order valence-corrected chi connectivity index (χ4v) is 1.83. The largest absolute Gasteiger partial charge is 0.394 e. The van der Waals surface area contributed by atoms with Gasteiger partial charge in [0.1, 0.15) is 61.0 Å². The number of aliphatic hydroxyl groups excluding tert-OH is 11. The van der Waals surface area contributed by atoms with Crippen LogP contribution in [-0.4, -0.2) is 130 Å². The summed E-state index contributed by atoms with van der Waals surface area (Å²) in [5.41, 5.74) is 0. The van der Waals surface area contributed by atoms with Gasteiger partial charge in [-0.15, -0.1) is 0 Å². The van der Waals surface area contributed by atoms with Crippen molar-refractivity contribution in [3.63, 3.8) is 0 Å². The zero-order chi connectivity index (χ0) is 19.2. The molecule has 12 heteroatoms. The van der Waals surface area contributed by atoms with Crippen LogP contribution in [0.2, 0.25) is 0 Å². The van der Waals surface area contributed by atoms with Crippen molar-refractivity contribution in [2.75, 3.05) is 6.61 Å². The fraction of sp³-hybridized carbons (Fsp3) is 0.917. The maximum atomic E-state index is 9.90.